The Hall–Kier alpha value is -2.23. The van der Waals surface area contributed by atoms with Crippen LogP contribution in [0.5, 0.6) is 0 Å². The Morgan fingerprint density at radius 3 is 2.61 bits per heavy atom. The van der Waals surface area contributed by atoms with Crippen LogP contribution in [0.3, 0.4) is 0 Å². The summed E-state index contributed by atoms with van der Waals surface area (Å²) in [6.07, 6.45) is 1.75. The third-order valence-electron chi connectivity index (χ3n) is 2.95. The van der Waals surface area contributed by atoms with Gasteiger partial charge in [0.05, 0.1) is 18.4 Å². The Kier molecular flexibility index (Phi) is 2.55. The molecule has 18 heavy (non-hydrogen) atoms. The highest BCUT2D eigenvalue weighted by Gasteiger charge is 2.10. The van der Waals surface area contributed by atoms with E-state index in [1.807, 2.05) is 32.0 Å². The maximum Gasteiger partial charge on any atom is 0.197 e. The molecule has 4 nitrogen and oxygen atoms in total. The van der Waals surface area contributed by atoms with Crippen molar-refractivity contribution in [3.63, 3.8) is 0 Å². The highest BCUT2D eigenvalue weighted by atomic mass is 15.2. The normalized spacial score (nSPS) is 11.0. The Bertz CT molecular complexity index is 686. The molecule has 0 radical (unpaired) electrons. The van der Waals surface area contributed by atoms with Crippen LogP contribution in [-0.4, -0.2) is 19.5 Å². The van der Waals surface area contributed by atoms with E-state index in [1.165, 1.54) is 5.56 Å². The number of aromatic nitrogens is 4. The maximum atomic E-state index is 4.53. The van der Waals surface area contributed by atoms with Crippen molar-refractivity contribution in [1.82, 2.24) is 19.5 Å². The first-order valence-corrected chi connectivity index (χ1v) is 5.94. The summed E-state index contributed by atoms with van der Waals surface area (Å²) >= 11 is 0. The van der Waals surface area contributed by atoms with Gasteiger partial charge in [-0.05, 0) is 19.4 Å². The highest BCUT2D eigenvalue weighted by molar-refractivity contribution is 5.66. The average Bonchev–Trinajstić information content (AvgIpc) is 2.67. The van der Waals surface area contributed by atoms with E-state index < -0.39 is 0 Å². The maximum absolute atomic E-state index is 4.53. The molecule has 0 fully saturated rings. The number of rotatable bonds is 2. The molecule has 0 spiro atoms. The van der Waals surface area contributed by atoms with Gasteiger partial charge in [-0.1, -0.05) is 30.3 Å². The quantitative estimate of drug-likeness (QED) is 0.689. The summed E-state index contributed by atoms with van der Waals surface area (Å²) in [7, 11) is 0. The lowest BCUT2D eigenvalue weighted by Gasteiger charge is -2.06. The van der Waals surface area contributed by atoms with Gasteiger partial charge in [0.1, 0.15) is 5.82 Å². The molecular formula is C14H14N4. The Morgan fingerprint density at radius 2 is 1.83 bits per heavy atom. The van der Waals surface area contributed by atoms with Gasteiger partial charge in [0, 0.05) is 0 Å². The van der Waals surface area contributed by atoms with Crippen LogP contribution in [0.25, 0.3) is 11.3 Å². The van der Waals surface area contributed by atoms with E-state index in [4.69, 9.17) is 0 Å². The smallest absolute Gasteiger partial charge is 0.197 e. The summed E-state index contributed by atoms with van der Waals surface area (Å²) in [6.45, 7) is 4.71. The van der Waals surface area contributed by atoms with E-state index >= 15 is 0 Å². The van der Waals surface area contributed by atoms with Gasteiger partial charge >= 0.3 is 0 Å². The fourth-order valence-electron chi connectivity index (χ4n) is 2.04. The minimum atomic E-state index is 0.717. The molecule has 0 atom stereocenters. The molecule has 2 heterocycles. The van der Waals surface area contributed by atoms with Crippen LogP contribution in [0.4, 0.5) is 0 Å². The largest absolute Gasteiger partial charge is 0.307 e. The number of benzene rings is 1. The SMILES string of the molecule is Cc1cnc2nc(C)n(Cc3ccccc3)c2n1. The van der Waals surface area contributed by atoms with E-state index in [0.717, 1.165) is 23.7 Å². The van der Waals surface area contributed by atoms with Crippen LogP contribution in [-0.2, 0) is 6.54 Å². The van der Waals surface area contributed by atoms with Crippen molar-refractivity contribution in [3.05, 3.63) is 53.6 Å². The second-order valence-electron chi connectivity index (χ2n) is 4.39. The molecule has 4 heteroatoms. The first-order chi connectivity index (χ1) is 8.74. The summed E-state index contributed by atoms with van der Waals surface area (Å²) in [5.41, 5.74) is 3.73. The molecule has 90 valence electrons. The van der Waals surface area contributed by atoms with Gasteiger partial charge in [0.15, 0.2) is 11.3 Å². The predicted molar refractivity (Wildman–Crippen MR) is 70.3 cm³/mol. The van der Waals surface area contributed by atoms with Gasteiger partial charge in [-0.25, -0.2) is 15.0 Å². The molecule has 3 rings (SSSR count). The van der Waals surface area contributed by atoms with Crippen molar-refractivity contribution in [2.75, 3.05) is 0 Å². The van der Waals surface area contributed by atoms with Gasteiger partial charge < -0.3 is 4.57 Å². The topological polar surface area (TPSA) is 43.6 Å². The minimum absolute atomic E-state index is 0.717. The molecule has 0 bridgehead atoms. The lowest BCUT2D eigenvalue weighted by atomic mass is 10.2. The first kappa shape index (κ1) is 10.9. The Balaban J connectivity index is 2.11. The van der Waals surface area contributed by atoms with E-state index in [0.29, 0.717) is 5.65 Å². The molecule has 0 aliphatic carbocycles. The summed E-state index contributed by atoms with van der Waals surface area (Å²) in [6, 6.07) is 10.3. The Labute approximate surface area is 105 Å². The van der Waals surface area contributed by atoms with Crippen molar-refractivity contribution in [1.29, 1.82) is 0 Å². The molecule has 3 aromatic rings. The van der Waals surface area contributed by atoms with Crippen LogP contribution < -0.4 is 0 Å². The first-order valence-electron chi connectivity index (χ1n) is 5.94. The summed E-state index contributed by atoms with van der Waals surface area (Å²) in [4.78, 5) is 13.3. The van der Waals surface area contributed by atoms with Crippen molar-refractivity contribution in [3.8, 4) is 0 Å². The third kappa shape index (κ3) is 1.86. The van der Waals surface area contributed by atoms with Crippen molar-refractivity contribution < 1.29 is 0 Å². The van der Waals surface area contributed by atoms with Crippen molar-refractivity contribution >= 4 is 11.3 Å². The van der Waals surface area contributed by atoms with Crippen molar-refractivity contribution in [2.45, 2.75) is 20.4 Å². The Morgan fingerprint density at radius 1 is 1.06 bits per heavy atom. The van der Waals surface area contributed by atoms with Crippen LogP contribution in [0, 0.1) is 13.8 Å². The molecule has 0 saturated heterocycles. The fourth-order valence-corrected chi connectivity index (χ4v) is 2.04. The monoisotopic (exact) mass is 238 g/mol. The molecule has 0 amide bonds. The third-order valence-corrected chi connectivity index (χ3v) is 2.95. The van der Waals surface area contributed by atoms with Gasteiger partial charge in [0.2, 0.25) is 0 Å². The molecule has 1 aromatic carbocycles. The molecule has 2 aromatic heterocycles. The van der Waals surface area contributed by atoms with Gasteiger partial charge in [-0.15, -0.1) is 0 Å². The number of fused-ring (bicyclic) bond motifs is 1. The van der Waals surface area contributed by atoms with Crippen LogP contribution >= 0.6 is 0 Å². The number of hydrogen-bond acceptors (Lipinski definition) is 3. The summed E-state index contributed by atoms with van der Waals surface area (Å²) in [5.74, 6) is 0.944. The fraction of sp³-hybridized carbons (Fsp3) is 0.214. The molecular weight excluding hydrogens is 224 g/mol. The lowest BCUT2D eigenvalue weighted by molar-refractivity contribution is 0.776. The summed E-state index contributed by atoms with van der Waals surface area (Å²) in [5, 5.41) is 0. The minimum Gasteiger partial charge on any atom is -0.307 e. The second-order valence-corrected chi connectivity index (χ2v) is 4.39. The zero-order valence-electron chi connectivity index (χ0n) is 10.5. The van der Waals surface area contributed by atoms with Crippen LogP contribution in [0.2, 0.25) is 0 Å². The summed E-state index contributed by atoms with van der Waals surface area (Å²) < 4.78 is 2.10. The zero-order chi connectivity index (χ0) is 12.5. The van der Waals surface area contributed by atoms with Crippen LogP contribution in [0.1, 0.15) is 17.1 Å². The number of imidazole rings is 1. The predicted octanol–water partition coefficient (Wildman–Crippen LogP) is 2.49. The van der Waals surface area contributed by atoms with Gasteiger partial charge in [0.25, 0.3) is 0 Å². The molecule has 0 unspecified atom stereocenters. The van der Waals surface area contributed by atoms with E-state index in [9.17, 15) is 0 Å². The number of nitrogens with zero attached hydrogens (tertiary/aromatic N) is 4. The van der Waals surface area contributed by atoms with Crippen molar-refractivity contribution in [2.24, 2.45) is 0 Å². The van der Waals surface area contributed by atoms with Gasteiger partial charge in [-0.2, -0.15) is 0 Å². The second kappa shape index (κ2) is 4.22. The van der Waals surface area contributed by atoms with E-state index in [-0.39, 0.29) is 0 Å². The molecule has 0 aliphatic heterocycles. The lowest BCUT2D eigenvalue weighted by Crippen LogP contribution is -2.03. The van der Waals surface area contributed by atoms with Crippen LogP contribution in [0.15, 0.2) is 36.5 Å². The van der Waals surface area contributed by atoms with E-state index in [1.54, 1.807) is 6.20 Å². The molecule has 0 saturated carbocycles. The number of hydrogen-bond donors (Lipinski definition) is 0. The van der Waals surface area contributed by atoms with E-state index in [2.05, 4.69) is 31.7 Å². The molecule has 0 aliphatic rings. The average molecular weight is 238 g/mol. The highest BCUT2D eigenvalue weighted by Crippen LogP contribution is 2.14. The standard InChI is InChI=1S/C14H14N4/c1-10-8-15-13-14(16-10)18(11(2)17-13)9-12-6-4-3-5-7-12/h3-8H,9H2,1-2H3. The number of aryl methyl sites for hydroxylation is 2. The zero-order valence-corrected chi connectivity index (χ0v) is 10.5. The van der Waals surface area contributed by atoms with Gasteiger partial charge in [-0.3, -0.25) is 0 Å². The molecule has 0 N–H and O–H groups in total.